The van der Waals surface area contributed by atoms with Gasteiger partial charge in [-0.05, 0) is 0 Å². The molecule has 1 heterocycles. The maximum Gasteiger partial charge on any atom is 0.184 e. The molecule has 1 rings (SSSR count). The van der Waals surface area contributed by atoms with Crippen LogP contribution >= 0.6 is 0 Å². The van der Waals surface area contributed by atoms with E-state index in [1.165, 1.54) is 0 Å². The van der Waals surface area contributed by atoms with Crippen LogP contribution in [0.2, 0.25) is 0 Å². The molecule has 72 valence electrons. The highest BCUT2D eigenvalue weighted by Gasteiger charge is 2.42. The van der Waals surface area contributed by atoms with E-state index in [-0.39, 0.29) is 0 Å². The van der Waals surface area contributed by atoms with Gasteiger partial charge in [0.05, 0.1) is 0 Å². The number of halogens is 1. The van der Waals surface area contributed by atoms with Crippen molar-refractivity contribution in [2.75, 3.05) is 6.67 Å². The number of alkyl halides is 1. The summed E-state index contributed by atoms with van der Waals surface area (Å²) in [6.45, 7) is -1.03. The number of aliphatic hydroxyl groups excluding tert-OH is 4. The maximum atomic E-state index is 12.0. The largest absolute Gasteiger partial charge is 0.387 e. The second-order valence-corrected chi connectivity index (χ2v) is 2.69. The number of ether oxygens (including phenoxy) is 1. The fourth-order valence-corrected chi connectivity index (χ4v) is 1.06. The Morgan fingerprint density at radius 1 is 1.00 bits per heavy atom. The molecule has 0 amide bonds. The fraction of sp³-hybridized carbons (Fsp3) is 1.00. The Morgan fingerprint density at radius 3 is 2.08 bits per heavy atom. The van der Waals surface area contributed by atoms with Gasteiger partial charge in [-0.1, -0.05) is 0 Å². The SMILES string of the molecule is OC1O[C@@H](CF)[C@@H](O)[C@H](O)[C@H]1O. The zero-order valence-electron chi connectivity index (χ0n) is 6.17. The van der Waals surface area contributed by atoms with E-state index in [0.717, 1.165) is 0 Å². The van der Waals surface area contributed by atoms with Gasteiger partial charge >= 0.3 is 0 Å². The van der Waals surface area contributed by atoms with E-state index in [1.807, 2.05) is 0 Å². The Morgan fingerprint density at radius 2 is 1.58 bits per heavy atom. The number of aliphatic hydroxyl groups is 4. The smallest absolute Gasteiger partial charge is 0.184 e. The first-order chi connectivity index (χ1) is 5.57. The van der Waals surface area contributed by atoms with Crippen molar-refractivity contribution in [2.45, 2.75) is 30.7 Å². The lowest BCUT2D eigenvalue weighted by atomic mass is 10.00. The van der Waals surface area contributed by atoms with Crippen LogP contribution < -0.4 is 0 Å². The summed E-state index contributed by atoms with van der Waals surface area (Å²) in [4.78, 5) is 0. The van der Waals surface area contributed by atoms with Crippen molar-refractivity contribution >= 4 is 0 Å². The molecule has 0 aromatic carbocycles. The van der Waals surface area contributed by atoms with Gasteiger partial charge in [0.1, 0.15) is 31.1 Å². The van der Waals surface area contributed by atoms with Gasteiger partial charge in [0.15, 0.2) is 6.29 Å². The summed E-state index contributed by atoms with van der Waals surface area (Å²) in [7, 11) is 0. The summed E-state index contributed by atoms with van der Waals surface area (Å²) in [5, 5.41) is 35.8. The minimum Gasteiger partial charge on any atom is -0.387 e. The van der Waals surface area contributed by atoms with Gasteiger partial charge in [-0.2, -0.15) is 0 Å². The van der Waals surface area contributed by atoms with Gasteiger partial charge in [0.25, 0.3) is 0 Å². The van der Waals surface area contributed by atoms with Gasteiger partial charge in [-0.25, -0.2) is 4.39 Å². The van der Waals surface area contributed by atoms with Crippen LogP contribution in [0.15, 0.2) is 0 Å². The Hall–Kier alpha value is -0.270. The fourth-order valence-electron chi connectivity index (χ4n) is 1.06. The molecule has 1 saturated heterocycles. The second-order valence-electron chi connectivity index (χ2n) is 2.69. The minimum absolute atomic E-state index is 1.03. The molecule has 0 radical (unpaired) electrons. The van der Waals surface area contributed by atoms with E-state index in [1.54, 1.807) is 0 Å². The predicted molar refractivity (Wildman–Crippen MR) is 34.9 cm³/mol. The van der Waals surface area contributed by atoms with E-state index >= 15 is 0 Å². The van der Waals surface area contributed by atoms with Crippen LogP contribution in [0.3, 0.4) is 0 Å². The monoisotopic (exact) mass is 182 g/mol. The van der Waals surface area contributed by atoms with Gasteiger partial charge in [0.2, 0.25) is 0 Å². The molecule has 4 N–H and O–H groups in total. The third kappa shape index (κ3) is 1.57. The average molecular weight is 182 g/mol. The first-order valence-corrected chi connectivity index (χ1v) is 3.51. The molecular weight excluding hydrogens is 171 g/mol. The summed E-state index contributed by atoms with van der Waals surface area (Å²) < 4.78 is 16.5. The highest BCUT2D eigenvalue weighted by Crippen LogP contribution is 2.19. The molecule has 1 fully saturated rings. The van der Waals surface area contributed by atoms with Crippen LogP contribution in [0.4, 0.5) is 4.39 Å². The van der Waals surface area contributed by atoms with Crippen molar-refractivity contribution in [3.05, 3.63) is 0 Å². The molecule has 1 aliphatic heterocycles. The van der Waals surface area contributed by atoms with Crippen molar-refractivity contribution in [1.29, 1.82) is 0 Å². The Kier molecular flexibility index (Phi) is 2.97. The van der Waals surface area contributed by atoms with Crippen molar-refractivity contribution in [3.8, 4) is 0 Å². The average Bonchev–Trinajstić information content (AvgIpc) is 2.08. The van der Waals surface area contributed by atoms with Crippen molar-refractivity contribution in [1.82, 2.24) is 0 Å². The highest BCUT2D eigenvalue weighted by atomic mass is 19.1. The van der Waals surface area contributed by atoms with Crippen molar-refractivity contribution in [3.63, 3.8) is 0 Å². The maximum absolute atomic E-state index is 12.0. The van der Waals surface area contributed by atoms with Gasteiger partial charge in [-0.3, -0.25) is 0 Å². The van der Waals surface area contributed by atoms with Gasteiger partial charge in [-0.15, -0.1) is 0 Å². The normalized spacial score (nSPS) is 49.2. The molecule has 5 atom stereocenters. The van der Waals surface area contributed by atoms with E-state index in [0.29, 0.717) is 0 Å². The molecule has 5 nitrogen and oxygen atoms in total. The van der Waals surface area contributed by atoms with Crippen LogP contribution in [-0.2, 0) is 4.74 Å². The molecule has 12 heavy (non-hydrogen) atoms. The quantitative estimate of drug-likeness (QED) is 0.368. The Labute approximate surface area is 68.0 Å². The van der Waals surface area contributed by atoms with Crippen molar-refractivity contribution in [2.24, 2.45) is 0 Å². The van der Waals surface area contributed by atoms with Crippen LogP contribution in [0.1, 0.15) is 0 Å². The van der Waals surface area contributed by atoms with Crippen LogP contribution in [-0.4, -0.2) is 57.8 Å². The standard InChI is InChI=1S/C6H11FO5/c7-1-2-3(8)4(9)5(10)6(11)12-2/h2-6,8-11H,1H2/t2-,3+,4-,5+,6?/m0/s1. The van der Waals surface area contributed by atoms with Crippen LogP contribution in [0.5, 0.6) is 0 Å². The zero-order valence-corrected chi connectivity index (χ0v) is 6.17. The number of hydrogen-bond donors (Lipinski definition) is 4. The Bertz CT molecular complexity index is 150. The topological polar surface area (TPSA) is 90.2 Å². The lowest BCUT2D eigenvalue weighted by molar-refractivity contribution is -0.283. The second kappa shape index (κ2) is 3.63. The molecule has 0 bridgehead atoms. The molecule has 6 heteroatoms. The molecular formula is C6H11FO5. The minimum atomic E-state index is -1.65. The van der Waals surface area contributed by atoms with E-state index in [4.69, 9.17) is 20.4 Å². The number of rotatable bonds is 1. The molecule has 0 aromatic rings. The third-order valence-corrected chi connectivity index (χ3v) is 1.84. The predicted octanol–water partition coefficient (Wildman–Crippen LogP) is -2.24. The first kappa shape index (κ1) is 9.82. The molecule has 0 aliphatic carbocycles. The summed E-state index contributed by atoms with van der Waals surface area (Å²) in [5.74, 6) is 0. The van der Waals surface area contributed by atoms with E-state index < -0.39 is 37.4 Å². The Balaban J connectivity index is 2.63. The van der Waals surface area contributed by atoms with E-state index in [2.05, 4.69) is 4.74 Å². The molecule has 1 unspecified atom stereocenters. The summed E-state index contributed by atoms with van der Waals surface area (Å²) in [6.07, 6.45) is -7.60. The molecule has 1 aliphatic rings. The van der Waals surface area contributed by atoms with Crippen LogP contribution in [0, 0.1) is 0 Å². The first-order valence-electron chi connectivity index (χ1n) is 3.51. The highest BCUT2D eigenvalue weighted by molar-refractivity contribution is 4.88. The molecule has 0 spiro atoms. The molecule has 0 aromatic heterocycles. The third-order valence-electron chi connectivity index (χ3n) is 1.84. The lowest BCUT2D eigenvalue weighted by Gasteiger charge is -2.37. The summed E-state index contributed by atoms with van der Waals surface area (Å²) >= 11 is 0. The summed E-state index contributed by atoms with van der Waals surface area (Å²) in [5.41, 5.74) is 0. The van der Waals surface area contributed by atoms with Crippen molar-refractivity contribution < 1.29 is 29.6 Å². The van der Waals surface area contributed by atoms with Gasteiger partial charge < -0.3 is 25.2 Å². The van der Waals surface area contributed by atoms with Crippen LogP contribution in [0.25, 0.3) is 0 Å². The van der Waals surface area contributed by atoms with Gasteiger partial charge in [0, 0.05) is 0 Å². The lowest BCUT2D eigenvalue weighted by Crippen LogP contribution is -2.58. The molecule has 0 saturated carbocycles. The summed E-state index contributed by atoms with van der Waals surface area (Å²) in [6, 6.07) is 0. The number of hydrogen-bond acceptors (Lipinski definition) is 5. The van der Waals surface area contributed by atoms with E-state index in [9.17, 15) is 4.39 Å². The zero-order chi connectivity index (χ0) is 9.30.